The molecular weight excluding hydrogens is 191 g/mol. The van der Waals surface area contributed by atoms with Gasteiger partial charge in [0.05, 0.1) is 11.4 Å². The van der Waals surface area contributed by atoms with Crippen molar-refractivity contribution in [2.24, 2.45) is 0 Å². The molecule has 5 heteroatoms. The molecule has 0 fully saturated rings. The van der Waals surface area contributed by atoms with Gasteiger partial charge in [-0.1, -0.05) is 12.1 Å². The Hall–Kier alpha value is -1.72. The van der Waals surface area contributed by atoms with Crippen LogP contribution < -0.4 is 0 Å². The van der Waals surface area contributed by atoms with Crippen molar-refractivity contribution in [3.8, 4) is 11.4 Å². The quantitative estimate of drug-likeness (QED) is 0.656. The Labute approximate surface area is 88.6 Å². The minimum absolute atomic E-state index is 0.750. The summed E-state index contributed by atoms with van der Waals surface area (Å²) in [5.41, 5.74) is 1.83. The monoisotopic (exact) mass is 202 g/mol. The van der Waals surface area contributed by atoms with E-state index in [1.807, 2.05) is 36.4 Å². The maximum atomic E-state index is 7.12. The van der Waals surface area contributed by atoms with Gasteiger partial charge in [0.25, 0.3) is 0 Å². The molecule has 0 saturated heterocycles. The first-order valence-corrected chi connectivity index (χ1v) is 4.42. The van der Waals surface area contributed by atoms with E-state index in [0.717, 1.165) is 11.4 Å². The molecule has 0 saturated carbocycles. The second kappa shape index (κ2) is 6.70. The molecule has 0 radical (unpaired) electrons. The number of hydrogen-bond donors (Lipinski definition) is 2. The Kier molecular flexibility index (Phi) is 5.07. The summed E-state index contributed by atoms with van der Waals surface area (Å²) in [4.78, 5) is 8.37. The Morgan fingerprint density at radius 3 is 1.47 bits per heavy atom. The molecule has 2 aromatic rings. The largest absolute Gasteiger partial charge is 0.432 e. The molecule has 0 aliphatic carbocycles. The zero-order valence-corrected chi connectivity index (χ0v) is 8.11. The van der Waals surface area contributed by atoms with Crippen molar-refractivity contribution in [1.82, 2.24) is 9.97 Å². The second-order valence-corrected chi connectivity index (χ2v) is 2.57. The molecule has 0 aliphatic heterocycles. The number of rotatable bonds is 1. The van der Waals surface area contributed by atoms with E-state index >= 15 is 0 Å². The summed E-state index contributed by atoms with van der Waals surface area (Å²) in [5.74, 6) is 0. The third-order valence-corrected chi connectivity index (χ3v) is 1.59. The van der Waals surface area contributed by atoms with Crippen LogP contribution in [-0.2, 0) is 0 Å². The van der Waals surface area contributed by atoms with Crippen molar-refractivity contribution >= 4 is 7.69 Å². The van der Waals surface area contributed by atoms with Crippen LogP contribution in [0.2, 0.25) is 0 Å². The molecule has 2 heterocycles. The fourth-order valence-corrected chi connectivity index (χ4v) is 1.03. The summed E-state index contributed by atoms with van der Waals surface area (Å²) in [6, 6.07) is 11.6. The molecule has 0 bridgehead atoms. The van der Waals surface area contributed by atoms with Crippen LogP contribution >= 0.6 is 0 Å². The Bertz CT molecular complexity index is 332. The molecule has 0 aliphatic rings. The van der Waals surface area contributed by atoms with Gasteiger partial charge in [0.15, 0.2) is 0 Å². The average molecular weight is 202 g/mol. The molecule has 2 rings (SSSR count). The number of aromatic nitrogens is 2. The van der Waals surface area contributed by atoms with Gasteiger partial charge in [0.1, 0.15) is 0 Å². The number of nitrogens with zero attached hydrogens (tertiary/aromatic N) is 2. The highest BCUT2D eigenvalue weighted by Gasteiger charge is 1.95. The molecule has 15 heavy (non-hydrogen) atoms. The van der Waals surface area contributed by atoms with Gasteiger partial charge in [-0.25, -0.2) is 0 Å². The summed E-state index contributed by atoms with van der Waals surface area (Å²) in [7, 11) is -0.750. The van der Waals surface area contributed by atoms with Crippen LogP contribution in [0.25, 0.3) is 11.4 Å². The van der Waals surface area contributed by atoms with Crippen LogP contribution in [0.1, 0.15) is 0 Å². The minimum atomic E-state index is -0.750. The van der Waals surface area contributed by atoms with E-state index < -0.39 is 7.69 Å². The van der Waals surface area contributed by atoms with Crippen molar-refractivity contribution in [3.63, 3.8) is 0 Å². The van der Waals surface area contributed by atoms with Gasteiger partial charge in [0, 0.05) is 12.4 Å². The zero-order valence-electron chi connectivity index (χ0n) is 8.11. The summed E-state index contributed by atoms with van der Waals surface area (Å²) in [5, 5.41) is 14.2. The predicted octanol–water partition coefficient (Wildman–Crippen LogP) is 0.381. The smallest absolute Gasteiger partial charge is 0.430 e. The summed E-state index contributed by atoms with van der Waals surface area (Å²) in [6.45, 7) is 0. The Morgan fingerprint density at radius 1 is 0.800 bits per heavy atom. The Morgan fingerprint density at radius 2 is 1.20 bits per heavy atom. The van der Waals surface area contributed by atoms with Crippen LogP contribution in [0.4, 0.5) is 0 Å². The molecule has 2 aromatic heterocycles. The lowest BCUT2D eigenvalue weighted by Gasteiger charge is -1.96. The van der Waals surface area contributed by atoms with Crippen LogP contribution in [0.5, 0.6) is 0 Å². The van der Waals surface area contributed by atoms with Gasteiger partial charge >= 0.3 is 7.69 Å². The fourth-order valence-electron chi connectivity index (χ4n) is 1.03. The van der Waals surface area contributed by atoms with E-state index in [4.69, 9.17) is 10.0 Å². The third-order valence-electron chi connectivity index (χ3n) is 1.59. The normalized spacial score (nSPS) is 8.67. The van der Waals surface area contributed by atoms with Gasteiger partial charge in [0.2, 0.25) is 0 Å². The topological polar surface area (TPSA) is 66.2 Å². The van der Waals surface area contributed by atoms with Crippen molar-refractivity contribution in [3.05, 3.63) is 48.8 Å². The van der Waals surface area contributed by atoms with Crippen molar-refractivity contribution in [2.45, 2.75) is 0 Å². The van der Waals surface area contributed by atoms with E-state index in [2.05, 4.69) is 9.97 Å². The number of hydrogen-bond acceptors (Lipinski definition) is 4. The van der Waals surface area contributed by atoms with Crippen LogP contribution in [0.3, 0.4) is 0 Å². The highest BCUT2D eigenvalue weighted by atomic mass is 16.4. The first kappa shape index (κ1) is 11.4. The molecule has 0 amide bonds. The van der Waals surface area contributed by atoms with Gasteiger partial charge in [-0.15, -0.1) is 0 Å². The van der Waals surface area contributed by atoms with Gasteiger partial charge < -0.3 is 10.0 Å². The first-order chi connectivity index (χ1) is 7.38. The lowest BCUT2D eigenvalue weighted by molar-refractivity contribution is 0.448. The standard InChI is InChI=1S/C10H8N2.BH3O2/c1-3-7-11-9(5-1)10-6-2-4-8-12-10;2-1-3/h1-8H;1-3H. The molecule has 76 valence electrons. The zero-order chi connectivity index (χ0) is 10.9. The van der Waals surface area contributed by atoms with Crippen LogP contribution in [0, 0.1) is 0 Å². The van der Waals surface area contributed by atoms with Gasteiger partial charge in [-0.05, 0) is 24.3 Å². The number of pyridine rings is 2. The third kappa shape index (κ3) is 3.89. The second-order valence-electron chi connectivity index (χ2n) is 2.57. The Balaban J connectivity index is 0.000000337. The molecular formula is C10H11BN2O2. The van der Waals surface area contributed by atoms with Crippen LogP contribution in [0.15, 0.2) is 48.8 Å². The molecule has 0 aromatic carbocycles. The minimum Gasteiger partial charge on any atom is -0.430 e. The van der Waals surface area contributed by atoms with E-state index in [1.54, 1.807) is 12.4 Å². The highest BCUT2D eigenvalue weighted by Crippen LogP contribution is 2.10. The fraction of sp³-hybridized carbons (Fsp3) is 0. The van der Waals surface area contributed by atoms with E-state index in [-0.39, 0.29) is 0 Å². The van der Waals surface area contributed by atoms with Crippen molar-refractivity contribution in [1.29, 1.82) is 0 Å². The van der Waals surface area contributed by atoms with Gasteiger partial charge in [-0.3, -0.25) is 9.97 Å². The summed E-state index contributed by atoms with van der Waals surface area (Å²) < 4.78 is 0. The predicted molar refractivity (Wildman–Crippen MR) is 59.1 cm³/mol. The van der Waals surface area contributed by atoms with E-state index in [0.29, 0.717) is 0 Å². The summed E-state index contributed by atoms with van der Waals surface area (Å²) in [6.07, 6.45) is 3.54. The van der Waals surface area contributed by atoms with Crippen LogP contribution in [-0.4, -0.2) is 27.7 Å². The SMILES string of the molecule is OBO.c1ccc(-c2ccccn2)nc1. The van der Waals surface area contributed by atoms with E-state index in [9.17, 15) is 0 Å². The molecule has 0 unspecified atom stereocenters. The highest BCUT2D eigenvalue weighted by molar-refractivity contribution is 6.13. The molecule has 2 N–H and O–H groups in total. The maximum absolute atomic E-state index is 7.12. The maximum Gasteiger partial charge on any atom is 0.432 e. The lowest BCUT2D eigenvalue weighted by Crippen LogP contribution is -1.83. The summed E-state index contributed by atoms with van der Waals surface area (Å²) >= 11 is 0. The molecule has 4 nitrogen and oxygen atoms in total. The molecule has 0 spiro atoms. The average Bonchev–Trinajstić information content (AvgIpc) is 2.32. The lowest BCUT2D eigenvalue weighted by atomic mass is 10.2. The van der Waals surface area contributed by atoms with Crippen molar-refractivity contribution in [2.75, 3.05) is 0 Å². The first-order valence-electron chi connectivity index (χ1n) is 4.42. The van der Waals surface area contributed by atoms with Gasteiger partial charge in [-0.2, -0.15) is 0 Å². The van der Waals surface area contributed by atoms with Crippen molar-refractivity contribution < 1.29 is 10.0 Å². The molecule has 0 atom stereocenters. The van der Waals surface area contributed by atoms with E-state index in [1.165, 1.54) is 0 Å².